The van der Waals surface area contributed by atoms with E-state index in [4.69, 9.17) is 4.74 Å². The molecular formula is C7H15F3O4SSi. The van der Waals surface area contributed by atoms with Gasteiger partial charge in [0.2, 0.25) is 0 Å². The third-order valence-corrected chi connectivity index (χ3v) is 3.40. The molecule has 0 aromatic rings. The highest BCUT2D eigenvalue weighted by Crippen LogP contribution is 2.24. The van der Waals surface area contributed by atoms with Crippen LogP contribution in [0.3, 0.4) is 0 Å². The number of halogens is 3. The molecule has 16 heavy (non-hydrogen) atoms. The van der Waals surface area contributed by atoms with Crippen LogP contribution in [0.2, 0.25) is 19.6 Å². The smallest absolute Gasteiger partial charge is 0.382 e. The summed E-state index contributed by atoms with van der Waals surface area (Å²) in [6, 6.07) is 0. The molecule has 0 N–H and O–H groups in total. The van der Waals surface area contributed by atoms with Gasteiger partial charge >= 0.3 is 15.6 Å². The summed E-state index contributed by atoms with van der Waals surface area (Å²) < 4.78 is 64.9. The van der Waals surface area contributed by atoms with Crippen LogP contribution in [-0.4, -0.2) is 41.4 Å². The Morgan fingerprint density at radius 2 is 1.62 bits per heavy atom. The Morgan fingerprint density at radius 3 is 2.00 bits per heavy atom. The van der Waals surface area contributed by atoms with Crippen molar-refractivity contribution >= 4 is 18.2 Å². The maximum absolute atomic E-state index is 11.8. The molecule has 0 fully saturated rings. The molecule has 0 spiro atoms. The SMILES string of the molecule is C[Si](C)(C)COCCOS(=O)(=O)C(F)(F)F. The maximum Gasteiger partial charge on any atom is 0.523 e. The predicted molar refractivity (Wildman–Crippen MR) is 55.1 cm³/mol. The van der Waals surface area contributed by atoms with Crippen molar-refractivity contribution in [2.45, 2.75) is 25.1 Å². The van der Waals surface area contributed by atoms with Gasteiger partial charge in [0.25, 0.3) is 0 Å². The van der Waals surface area contributed by atoms with Gasteiger partial charge in [-0.25, -0.2) is 0 Å². The van der Waals surface area contributed by atoms with Gasteiger partial charge in [-0.15, -0.1) is 0 Å². The number of hydrogen-bond acceptors (Lipinski definition) is 4. The lowest BCUT2D eigenvalue weighted by atomic mass is 10.8. The fraction of sp³-hybridized carbons (Fsp3) is 1.00. The van der Waals surface area contributed by atoms with Gasteiger partial charge < -0.3 is 4.74 Å². The first-order valence-corrected chi connectivity index (χ1v) is 9.61. The van der Waals surface area contributed by atoms with Gasteiger partial charge in [0, 0.05) is 6.23 Å². The van der Waals surface area contributed by atoms with Gasteiger partial charge in [0.1, 0.15) is 0 Å². The Bertz CT molecular complexity index is 307. The van der Waals surface area contributed by atoms with E-state index in [-0.39, 0.29) is 6.61 Å². The summed E-state index contributed by atoms with van der Waals surface area (Å²) in [6.07, 6.45) is 0.447. The van der Waals surface area contributed by atoms with E-state index in [1.807, 2.05) is 19.6 Å². The zero-order chi connectivity index (χ0) is 13.0. The molecule has 0 aliphatic carbocycles. The molecule has 0 aliphatic rings. The molecule has 0 aromatic carbocycles. The standard InChI is InChI=1S/C7H15F3O4SSi/c1-16(2,3)6-13-4-5-14-15(11,12)7(8,9)10/h4-6H2,1-3H3. The van der Waals surface area contributed by atoms with E-state index in [2.05, 4.69) is 4.18 Å². The molecule has 0 saturated heterocycles. The van der Waals surface area contributed by atoms with Crippen LogP contribution >= 0.6 is 0 Å². The monoisotopic (exact) mass is 280 g/mol. The number of rotatable bonds is 6. The average Bonchev–Trinajstić information content (AvgIpc) is 1.98. The van der Waals surface area contributed by atoms with E-state index < -0.39 is 30.3 Å². The Kier molecular flexibility index (Phi) is 5.43. The van der Waals surface area contributed by atoms with Crippen molar-refractivity contribution in [3.8, 4) is 0 Å². The first kappa shape index (κ1) is 15.9. The molecule has 4 nitrogen and oxygen atoms in total. The lowest BCUT2D eigenvalue weighted by Crippen LogP contribution is -2.30. The highest BCUT2D eigenvalue weighted by atomic mass is 32.2. The summed E-state index contributed by atoms with van der Waals surface area (Å²) in [5, 5.41) is 0. The van der Waals surface area contributed by atoms with E-state index in [0.29, 0.717) is 6.23 Å². The van der Waals surface area contributed by atoms with Gasteiger partial charge in [-0.2, -0.15) is 21.6 Å². The Morgan fingerprint density at radius 1 is 1.12 bits per heavy atom. The van der Waals surface area contributed by atoms with Crippen LogP contribution in [0.1, 0.15) is 0 Å². The minimum Gasteiger partial charge on any atom is -0.382 e. The zero-order valence-corrected chi connectivity index (χ0v) is 11.1. The number of alkyl halides is 3. The third kappa shape index (κ3) is 6.46. The van der Waals surface area contributed by atoms with Crippen molar-refractivity contribution in [1.82, 2.24) is 0 Å². The molecule has 0 rings (SSSR count). The second kappa shape index (κ2) is 5.47. The van der Waals surface area contributed by atoms with Crippen LogP contribution in [0.5, 0.6) is 0 Å². The van der Waals surface area contributed by atoms with Crippen LogP contribution in [0.15, 0.2) is 0 Å². The summed E-state index contributed by atoms with van der Waals surface area (Å²) in [7, 11) is -6.92. The molecule has 98 valence electrons. The van der Waals surface area contributed by atoms with Crippen LogP contribution in [-0.2, 0) is 19.0 Å². The summed E-state index contributed by atoms with van der Waals surface area (Å²) in [5.74, 6) is 0. The highest BCUT2D eigenvalue weighted by molar-refractivity contribution is 7.87. The van der Waals surface area contributed by atoms with Crippen LogP contribution in [0.4, 0.5) is 13.2 Å². The molecule has 0 saturated carbocycles. The van der Waals surface area contributed by atoms with Crippen LogP contribution in [0, 0.1) is 0 Å². The average molecular weight is 280 g/mol. The normalized spacial score (nSPS) is 14.1. The highest BCUT2D eigenvalue weighted by Gasteiger charge is 2.47. The molecule has 9 heteroatoms. The van der Waals surface area contributed by atoms with E-state index in [9.17, 15) is 21.6 Å². The van der Waals surface area contributed by atoms with Crippen molar-refractivity contribution in [1.29, 1.82) is 0 Å². The van der Waals surface area contributed by atoms with Gasteiger partial charge in [0.05, 0.1) is 21.3 Å². The zero-order valence-electron chi connectivity index (χ0n) is 9.30. The topological polar surface area (TPSA) is 52.6 Å². The minimum atomic E-state index is -5.48. The van der Waals surface area contributed by atoms with E-state index in [0.717, 1.165) is 0 Å². The Hall–Kier alpha value is -0.123. The van der Waals surface area contributed by atoms with Gasteiger partial charge in [-0.05, 0) is 0 Å². The molecule has 0 heterocycles. The van der Waals surface area contributed by atoms with Gasteiger partial charge in [0.15, 0.2) is 0 Å². The van der Waals surface area contributed by atoms with Crippen LogP contribution in [0.25, 0.3) is 0 Å². The second-order valence-corrected chi connectivity index (χ2v) is 11.4. The first-order chi connectivity index (χ1) is 6.96. The van der Waals surface area contributed by atoms with Gasteiger partial charge in [-0.1, -0.05) is 19.6 Å². The van der Waals surface area contributed by atoms with Crippen molar-refractivity contribution in [2.24, 2.45) is 0 Å². The van der Waals surface area contributed by atoms with Crippen molar-refractivity contribution in [2.75, 3.05) is 19.4 Å². The third-order valence-electron chi connectivity index (χ3n) is 1.28. The largest absolute Gasteiger partial charge is 0.523 e. The van der Waals surface area contributed by atoms with Gasteiger partial charge in [-0.3, -0.25) is 4.18 Å². The molecule has 0 atom stereocenters. The first-order valence-electron chi connectivity index (χ1n) is 4.49. The minimum absolute atomic E-state index is 0.167. The predicted octanol–water partition coefficient (Wildman–Crippen LogP) is 1.75. The number of ether oxygens (including phenoxy) is 1. The van der Waals surface area contributed by atoms with Crippen molar-refractivity contribution < 1.29 is 30.5 Å². The molecule has 0 aliphatic heterocycles. The quantitative estimate of drug-likeness (QED) is 0.322. The maximum atomic E-state index is 11.8. The molecule has 0 unspecified atom stereocenters. The molecule has 0 amide bonds. The van der Waals surface area contributed by atoms with E-state index >= 15 is 0 Å². The number of hydrogen-bond donors (Lipinski definition) is 0. The summed E-state index contributed by atoms with van der Waals surface area (Å²) in [4.78, 5) is 0. The fourth-order valence-corrected chi connectivity index (χ4v) is 1.83. The Labute approximate surface area is 93.9 Å². The molecule has 0 radical (unpaired) electrons. The summed E-state index contributed by atoms with van der Waals surface area (Å²) in [5.41, 5.74) is -5.37. The molecule has 0 aromatic heterocycles. The van der Waals surface area contributed by atoms with Crippen LogP contribution < -0.4 is 0 Å². The molecular weight excluding hydrogens is 265 g/mol. The fourth-order valence-electron chi connectivity index (χ4n) is 0.648. The second-order valence-electron chi connectivity index (χ2n) is 4.34. The summed E-state index contributed by atoms with van der Waals surface area (Å²) in [6.45, 7) is 5.26. The van der Waals surface area contributed by atoms with E-state index in [1.54, 1.807) is 0 Å². The van der Waals surface area contributed by atoms with E-state index in [1.165, 1.54) is 0 Å². The van der Waals surface area contributed by atoms with Crippen molar-refractivity contribution in [3.05, 3.63) is 0 Å². The Balaban J connectivity index is 3.85. The lowest BCUT2D eigenvalue weighted by Gasteiger charge is -2.15. The lowest BCUT2D eigenvalue weighted by molar-refractivity contribution is -0.0553. The molecule has 0 bridgehead atoms. The van der Waals surface area contributed by atoms with Crippen molar-refractivity contribution in [3.63, 3.8) is 0 Å². The summed E-state index contributed by atoms with van der Waals surface area (Å²) >= 11 is 0.